The lowest BCUT2D eigenvalue weighted by molar-refractivity contribution is -0.403. The molecule has 100 valence electrons. The molecule has 0 aromatic heterocycles. The number of hydrogen-bond donors (Lipinski definition) is 0. The maximum Gasteiger partial charge on any atom is 0.416 e. The van der Waals surface area contributed by atoms with Crippen molar-refractivity contribution in [3.63, 3.8) is 0 Å². The summed E-state index contributed by atoms with van der Waals surface area (Å²) in [6.45, 7) is 6.00. The molecule has 0 saturated heterocycles. The van der Waals surface area contributed by atoms with Gasteiger partial charge in [0.15, 0.2) is 5.71 Å². The average Bonchev–Trinajstić information content (AvgIpc) is 2.39. The highest BCUT2D eigenvalue weighted by atomic mass is 127. The molecule has 18 heavy (non-hydrogen) atoms. The maximum atomic E-state index is 12.6. The number of alkyl halides is 3. The van der Waals surface area contributed by atoms with Gasteiger partial charge in [-0.2, -0.15) is 13.2 Å². The first-order valence-electron chi connectivity index (χ1n) is 5.45. The van der Waals surface area contributed by atoms with Crippen molar-refractivity contribution >= 4 is 11.4 Å². The fraction of sp³-hybridized carbons (Fsp3) is 0.462. The summed E-state index contributed by atoms with van der Waals surface area (Å²) in [5, 5.41) is 0. The lowest BCUT2D eigenvalue weighted by Gasteiger charge is -2.15. The summed E-state index contributed by atoms with van der Waals surface area (Å²) in [7, 11) is 1.81. The van der Waals surface area contributed by atoms with E-state index >= 15 is 0 Å². The number of halogens is 4. The predicted molar refractivity (Wildman–Crippen MR) is 61.0 cm³/mol. The average molecular weight is 369 g/mol. The third kappa shape index (κ3) is 2.17. The second-order valence-electron chi connectivity index (χ2n) is 5.00. The molecule has 0 unspecified atom stereocenters. The van der Waals surface area contributed by atoms with Crippen molar-refractivity contribution in [3.8, 4) is 0 Å². The summed E-state index contributed by atoms with van der Waals surface area (Å²) in [5.41, 5.74) is 1.88. The van der Waals surface area contributed by atoms with Crippen molar-refractivity contribution in [2.24, 2.45) is 0 Å². The van der Waals surface area contributed by atoms with Gasteiger partial charge in [-0.15, -0.1) is 0 Å². The van der Waals surface area contributed by atoms with Crippen LogP contribution in [-0.2, 0) is 11.6 Å². The smallest absolute Gasteiger partial charge is 0.416 e. The summed E-state index contributed by atoms with van der Waals surface area (Å²) in [6.07, 6.45) is -4.28. The molecule has 1 aromatic carbocycles. The highest BCUT2D eigenvalue weighted by molar-refractivity contribution is 5.93. The Morgan fingerprint density at radius 1 is 1.17 bits per heavy atom. The number of fused-ring (bicyclic) bond motifs is 1. The van der Waals surface area contributed by atoms with Crippen LogP contribution in [-0.4, -0.2) is 17.3 Å². The molecule has 0 aliphatic carbocycles. The molecule has 0 radical (unpaired) electrons. The summed E-state index contributed by atoms with van der Waals surface area (Å²) in [4.78, 5) is 0. The summed E-state index contributed by atoms with van der Waals surface area (Å²) < 4.78 is 39.8. The zero-order valence-corrected chi connectivity index (χ0v) is 12.8. The number of nitrogens with zero attached hydrogens (tertiary/aromatic N) is 1. The highest BCUT2D eigenvalue weighted by Gasteiger charge is 2.43. The Morgan fingerprint density at radius 3 is 2.22 bits per heavy atom. The molecule has 2 rings (SSSR count). The number of benzene rings is 1. The van der Waals surface area contributed by atoms with Gasteiger partial charge in [-0.05, 0) is 19.9 Å². The van der Waals surface area contributed by atoms with Gasteiger partial charge < -0.3 is 24.0 Å². The largest absolute Gasteiger partial charge is 1.00 e. The predicted octanol–water partition coefficient (Wildman–Crippen LogP) is 0.735. The molecule has 0 fully saturated rings. The molecule has 1 aliphatic rings. The van der Waals surface area contributed by atoms with Gasteiger partial charge in [0, 0.05) is 18.6 Å². The maximum absolute atomic E-state index is 12.6. The van der Waals surface area contributed by atoms with E-state index in [1.54, 1.807) is 6.07 Å². The number of rotatable bonds is 0. The van der Waals surface area contributed by atoms with Crippen molar-refractivity contribution in [2.45, 2.75) is 32.4 Å². The monoisotopic (exact) mass is 369 g/mol. The van der Waals surface area contributed by atoms with Gasteiger partial charge >= 0.3 is 6.18 Å². The molecule has 0 N–H and O–H groups in total. The van der Waals surface area contributed by atoms with Gasteiger partial charge in [-0.25, -0.2) is 4.58 Å². The van der Waals surface area contributed by atoms with Crippen molar-refractivity contribution < 1.29 is 41.7 Å². The van der Waals surface area contributed by atoms with Crippen LogP contribution >= 0.6 is 0 Å². The van der Waals surface area contributed by atoms with Gasteiger partial charge in [0.25, 0.3) is 0 Å². The van der Waals surface area contributed by atoms with E-state index in [1.165, 1.54) is 6.07 Å². The van der Waals surface area contributed by atoms with Crippen molar-refractivity contribution in [3.05, 3.63) is 29.3 Å². The minimum absolute atomic E-state index is 0. The minimum atomic E-state index is -4.28. The van der Waals surface area contributed by atoms with Gasteiger partial charge in [-0.3, -0.25) is 0 Å². The van der Waals surface area contributed by atoms with Gasteiger partial charge in [-0.1, -0.05) is 6.07 Å². The summed E-state index contributed by atoms with van der Waals surface area (Å²) in [6, 6.07) is 3.98. The SMILES string of the molecule is CC1=[N+](C)c2cc(C(F)(F)F)ccc2C1(C)C.[I-]. The van der Waals surface area contributed by atoms with Crippen LogP contribution in [0.25, 0.3) is 0 Å². The lowest BCUT2D eigenvalue weighted by Crippen LogP contribution is -3.00. The van der Waals surface area contributed by atoms with Crippen LogP contribution in [0, 0.1) is 0 Å². The molecule has 1 aliphatic heterocycles. The minimum Gasteiger partial charge on any atom is -1.00 e. The molecule has 0 saturated carbocycles. The number of hydrogen-bond acceptors (Lipinski definition) is 0. The van der Waals surface area contributed by atoms with E-state index in [0.29, 0.717) is 5.69 Å². The van der Waals surface area contributed by atoms with E-state index in [-0.39, 0.29) is 29.4 Å². The van der Waals surface area contributed by atoms with E-state index in [1.807, 2.05) is 32.4 Å². The van der Waals surface area contributed by atoms with Crippen molar-refractivity contribution in [1.82, 2.24) is 0 Å². The topological polar surface area (TPSA) is 3.01 Å². The van der Waals surface area contributed by atoms with Crippen molar-refractivity contribution in [1.29, 1.82) is 0 Å². The molecule has 1 nitrogen and oxygen atoms in total. The van der Waals surface area contributed by atoms with E-state index in [2.05, 4.69) is 0 Å². The van der Waals surface area contributed by atoms with Gasteiger partial charge in [0.1, 0.15) is 7.05 Å². The summed E-state index contributed by atoms with van der Waals surface area (Å²) >= 11 is 0. The molecule has 1 heterocycles. The lowest BCUT2D eigenvalue weighted by atomic mass is 9.82. The molecular formula is C13H15F3IN. The summed E-state index contributed by atoms with van der Waals surface area (Å²) in [5.74, 6) is 0. The Labute approximate surface area is 122 Å². The molecule has 0 spiro atoms. The van der Waals surface area contributed by atoms with E-state index in [4.69, 9.17) is 0 Å². The second-order valence-corrected chi connectivity index (χ2v) is 5.00. The standard InChI is InChI=1S/C13H15F3N.HI/c1-8-12(2,3)10-6-5-9(13(14,15)16)7-11(10)17(8)4;/h5-7H,1-4H3;1H/q+1;/p-1. The first kappa shape index (κ1) is 15.5. The first-order chi connectivity index (χ1) is 7.65. The van der Waals surface area contributed by atoms with E-state index in [0.717, 1.165) is 17.3 Å². The molecule has 0 amide bonds. The van der Waals surface area contributed by atoms with Crippen LogP contribution < -0.4 is 24.0 Å². The Hall–Kier alpha value is -0.590. The van der Waals surface area contributed by atoms with Crippen LogP contribution in [0.1, 0.15) is 31.9 Å². The first-order valence-corrected chi connectivity index (χ1v) is 5.45. The molecule has 1 aromatic rings. The highest BCUT2D eigenvalue weighted by Crippen LogP contribution is 2.41. The van der Waals surface area contributed by atoms with Crippen LogP contribution in [0.2, 0.25) is 0 Å². The van der Waals surface area contributed by atoms with Gasteiger partial charge in [0.05, 0.1) is 11.0 Å². The van der Waals surface area contributed by atoms with Crippen LogP contribution in [0.15, 0.2) is 18.2 Å². The zero-order valence-electron chi connectivity index (χ0n) is 10.7. The quantitative estimate of drug-likeness (QED) is 0.469. The van der Waals surface area contributed by atoms with E-state index < -0.39 is 11.7 Å². The zero-order chi connectivity index (χ0) is 13.0. The van der Waals surface area contributed by atoms with Crippen molar-refractivity contribution in [2.75, 3.05) is 7.05 Å². The van der Waals surface area contributed by atoms with Crippen LogP contribution in [0.5, 0.6) is 0 Å². The molecule has 0 atom stereocenters. The van der Waals surface area contributed by atoms with Gasteiger partial charge in [0.2, 0.25) is 5.69 Å². The van der Waals surface area contributed by atoms with Crippen LogP contribution in [0.3, 0.4) is 0 Å². The fourth-order valence-corrected chi connectivity index (χ4v) is 2.31. The Kier molecular flexibility index (Phi) is 3.87. The third-order valence-electron chi connectivity index (χ3n) is 3.77. The Balaban J connectivity index is 0.00000162. The Bertz CT molecular complexity index is 515. The molecule has 5 heteroatoms. The molecular weight excluding hydrogens is 354 g/mol. The second kappa shape index (κ2) is 4.51. The van der Waals surface area contributed by atoms with E-state index in [9.17, 15) is 13.2 Å². The third-order valence-corrected chi connectivity index (χ3v) is 3.77. The Morgan fingerprint density at radius 2 is 1.72 bits per heavy atom. The molecule has 0 bridgehead atoms. The van der Waals surface area contributed by atoms with Crippen LogP contribution in [0.4, 0.5) is 18.9 Å². The normalized spacial score (nSPS) is 17.5. The fourth-order valence-electron chi connectivity index (χ4n) is 2.31.